The van der Waals surface area contributed by atoms with Crippen LogP contribution in [0.2, 0.25) is 0 Å². The Hall–Kier alpha value is -3.08. The van der Waals surface area contributed by atoms with Gasteiger partial charge in [-0.05, 0) is 35.7 Å². The minimum atomic E-state index is 0.927. The summed E-state index contributed by atoms with van der Waals surface area (Å²) < 4.78 is 4.09. The van der Waals surface area contributed by atoms with E-state index in [0.29, 0.717) is 0 Å². The lowest BCUT2D eigenvalue weighted by Crippen LogP contribution is -1.92. The largest absolute Gasteiger partial charge is 0.351 e. The fourth-order valence-corrected chi connectivity index (χ4v) is 3.90. The highest BCUT2D eigenvalue weighted by Gasteiger charge is 2.17. The summed E-state index contributed by atoms with van der Waals surface area (Å²) in [6.45, 7) is 2.20. The van der Waals surface area contributed by atoms with Crippen LogP contribution >= 0.6 is 0 Å². The summed E-state index contributed by atoms with van der Waals surface area (Å²) in [5.41, 5.74) is 6.96. The van der Waals surface area contributed by atoms with E-state index in [1.54, 1.807) is 0 Å². The van der Waals surface area contributed by atoms with Gasteiger partial charge in [0, 0.05) is 48.2 Å². The zero-order valence-corrected chi connectivity index (χ0v) is 14.5. The molecule has 0 amide bonds. The number of nitrogens with zero attached hydrogens (tertiary/aromatic N) is 4. The number of aryl methyl sites for hydroxylation is 3. The van der Waals surface area contributed by atoms with Crippen LogP contribution in [0.4, 0.5) is 0 Å². The number of hydrogen-bond acceptors (Lipinski definition) is 2. The lowest BCUT2D eigenvalue weighted by Gasteiger charge is -2.05. The van der Waals surface area contributed by atoms with Crippen molar-refractivity contribution >= 4 is 32.8 Å². The van der Waals surface area contributed by atoms with Crippen molar-refractivity contribution in [2.45, 2.75) is 13.3 Å². The molecule has 0 bridgehead atoms. The average Bonchev–Trinajstić information content (AvgIpc) is 3.29. The molecule has 0 spiro atoms. The number of benzene rings is 1. The van der Waals surface area contributed by atoms with Crippen LogP contribution in [0.3, 0.4) is 0 Å². The van der Waals surface area contributed by atoms with Crippen molar-refractivity contribution in [3.8, 4) is 11.3 Å². The van der Waals surface area contributed by atoms with E-state index in [4.69, 9.17) is 0 Å². The van der Waals surface area contributed by atoms with Crippen LogP contribution in [0, 0.1) is 0 Å². The summed E-state index contributed by atoms with van der Waals surface area (Å²) in [5, 5.41) is 7.92. The Bertz CT molecular complexity index is 1250. The van der Waals surface area contributed by atoms with E-state index in [2.05, 4.69) is 64.1 Å². The number of pyridine rings is 1. The first kappa shape index (κ1) is 14.3. The van der Waals surface area contributed by atoms with Crippen molar-refractivity contribution in [1.29, 1.82) is 0 Å². The Morgan fingerprint density at radius 3 is 2.80 bits per heavy atom. The maximum atomic E-state index is 4.63. The zero-order chi connectivity index (χ0) is 17.1. The van der Waals surface area contributed by atoms with E-state index >= 15 is 0 Å². The van der Waals surface area contributed by atoms with Crippen molar-refractivity contribution in [3.63, 3.8) is 0 Å². The van der Waals surface area contributed by atoms with Gasteiger partial charge in [-0.25, -0.2) is 4.98 Å². The number of aromatic nitrogens is 5. The number of hydrogen-bond donors (Lipinski definition) is 1. The molecule has 0 unspecified atom stereocenters. The van der Waals surface area contributed by atoms with E-state index < -0.39 is 0 Å². The Morgan fingerprint density at radius 2 is 1.96 bits per heavy atom. The minimum absolute atomic E-state index is 0.927. The molecule has 0 aliphatic heterocycles. The van der Waals surface area contributed by atoms with Crippen molar-refractivity contribution in [2.24, 2.45) is 14.1 Å². The van der Waals surface area contributed by atoms with Gasteiger partial charge in [-0.15, -0.1) is 0 Å². The van der Waals surface area contributed by atoms with Gasteiger partial charge in [0.05, 0.1) is 17.4 Å². The Morgan fingerprint density at radius 1 is 1.08 bits per heavy atom. The summed E-state index contributed by atoms with van der Waals surface area (Å²) >= 11 is 0. The van der Waals surface area contributed by atoms with E-state index in [9.17, 15) is 0 Å². The molecule has 5 heteroatoms. The second kappa shape index (κ2) is 4.96. The summed E-state index contributed by atoms with van der Waals surface area (Å²) in [7, 11) is 4.06. The van der Waals surface area contributed by atoms with Crippen LogP contribution in [-0.4, -0.2) is 24.3 Å². The molecule has 5 aromatic rings. The van der Waals surface area contributed by atoms with Crippen LogP contribution in [-0.2, 0) is 20.5 Å². The number of H-pyrrole nitrogens is 1. The zero-order valence-electron chi connectivity index (χ0n) is 14.5. The molecule has 4 heterocycles. The van der Waals surface area contributed by atoms with Gasteiger partial charge in [-0.3, -0.25) is 4.68 Å². The first-order chi connectivity index (χ1) is 12.2. The standard InChI is InChI=1S/C20H19N5/c1-4-15-17-19-14(11-22-25(19)3)10-21-20(17)23-18(15)13-5-6-16-12(9-13)7-8-24(16)2/h5-11H,4H2,1-3H3,(H,21,23). The van der Waals surface area contributed by atoms with Crippen LogP contribution in [0.15, 0.2) is 42.9 Å². The molecule has 25 heavy (non-hydrogen) atoms. The maximum Gasteiger partial charge on any atom is 0.140 e. The summed E-state index contributed by atoms with van der Waals surface area (Å²) in [6, 6.07) is 8.78. The molecule has 0 atom stereocenters. The third-order valence-corrected chi connectivity index (χ3v) is 5.15. The van der Waals surface area contributed by atoms with Gasteiger partial charge in [-0.1, -0.05) is 13.0 Å². The van der Waals surface area contributed by atoms with E-state index in [0.717, 1.165) is 28.7 Å². The normalized spacial score (nSPS) is 12.0. The lowest BCUT2D eigenvalue weighted by molar-refractivity contribution is 0.799. The molecule has 5 nitrogen and oxygen atoms in total. The number of nitrogens with one attached hydrogen (secondary N) is 1. The topological polar surface area (TPSA) is 51.4 Å². The minimum Gasteiger partial charge on any atom is -0.351 e. The lowest BCUT2D eigenvalue weighted by atomic mass is 10.0. The fourth-order valence-electron chi connectivity index (χ4n) is 3.90. The highest BCUT2D eigenvalue weighted by Crippen LogP contribution is 2.35. The molecule has 1 N–H and O–H groups in total. The molecule has 0 saturated carbocycles. The second-order valence-electron chi connectivity index (χ2n) is 6.59. The van der Waals surface area contributed by atoms with Crippen LogP contribution in [0.5, 0.6) is 0 Å². The molecular formula is C20H19N5. The Kier molecular flexibility index (Phi) is 2.83. The van der Waals surface area contributed by atoms with Crippen molar-refractivity contribution in [2.75, 3.05) is 0 Å². The first-order valence-corrected chi connectivity index (χ1v) is 8.54. The quantitative estimate of drug-likeness (QED) is 0.528. The molecule has 0 fully saturated rings. The Labute approximate surface area is 144 Å². The van der Waals surface area contributed by atoms with Crippen LogP contribution in [0.25, 0.3) is 44.1 Å². The number of fused-ring (bicyclic) bond motifs is 4. The van der Waals surface area contributed by atoms with E-state index in [1.165, 1.54) is 27.4 Å². The molecule has 1 aromatic carbocycles. The molecule has 0 aliphatic rings. The van der Waals surface area contributed by atoms with E-state index in [1.807, 2.05) is 24.1 Å². The summed E-state index contributed by atoms with van der Waals surface area (Å²) in [6.07, 6.45) is 6.81. The molecule has 4 aromatic heterocycles. The van der Waals surface area contributed by atoms with Crippen molar-refractivity contribution in [1.82, 2.24) is 24.3 Å². The fraction of sp³-hybridized carbons (Fsp3) is 0.200. The molecular weight excluding hydrogens is 310 g/mol. The van der Waals surface area contributed by atoms with Gasteiger partial charge in [0.1, 0.15) is 5.65 Å². The Balaban J connectivity index is 1.85. The number of aromatic amines is 1. The molecule has 0 radical (unpaired) electrons. The molecule has 0 saturated heterocycles. The average molecular weight is 329 g/mol. The van der Waals surface area contributed by atoms with Crippen LogP contribution in [0.1, 0.15) is 12.5 Å². The summed E-state index contributed by atoms with van der Waals surface area (Å²) in [5.74, 6) is 0. The predicted octanol–water partition coefficient (Wildman–Crippen LogP) is 4.17. The van der Waals surface area contributed by atoms with Crippen molar-refractivity contribution in [3.05, 3.63) is 48.4 Å². The van der Waals surface area contributed by atoms with Crippen molar-refractivity contribution < 1.29 is 0 Å². The third-order valence-electron chi connectivity index (χ3n) is 5.15. The highest BCUT2D eigenvalue weighted by atomic mass is 15.2. The van der Waals surface area contributed by atoms with E-state index in [-0.39, 0.29) is 0 Å². The van der Waals surface area contributed by atoms with Gasteiger partial charge < -0.3 is 9.55 Å². The molecule has 5 rings (SSSR count). The number of rotatable bonds is 2. The first-order valence-electron chi connectivity index (χ1n) is 8.54. The van der Waals surface area contributed by atoms with Crippen LogP contribution < -0.4 is 0 Å². The SMILES string of the molecule is CCc1c(-c2ccc3c(ccn3C)c2)[nH]c2ncc3cnn(C)c3c12. The molecule has 0 aliphatic carbocycles. The monoisotopic (exact) mass is 329 g/mol. The van der Waals surface area contributed by atoms with Gasteiger partial charge in [0.2, 0.25) is 0 Å². The predicted molar refractivity (Wildman–Crippen MR) is 102 cm³/mol. The second-order valence-corrected chi connectivity index (χ2v) is 6.59. The van der Waals surface area contributed by atoms with Gasteiger partial charge in [0.15, 0.2) is 0 Å². The van der Waals surface area contributed by atoms with Gasteiger partial charge in [-0.2, -0.15) is 5.10 Å². The van der Waals surface area contributed by atoms with Gasteiger partial charge in [0.25, 0.3) is 0 Å². The highest BCUT2D eigenvalue weighted by molar-refractivity contribution is 6.07. The molecule has 124 valence electrons. The smallest absolute Gasteiger partial charge is 0.140 e. The summed E-state index contributed by atoms with van der Waals surface area (Å²) in [4.78, 5) is 8.18. The maximum absolute atomic E-state index is 4.63. The van der Waals surface area contributed by atoms with Gasteiger partial charge >= 0.3 is 0 Å². The third kappa shape index (κ3) is 1.89.